The van der Waals surface area contributed by atoms with Crippen LogP contribution in [0.2, 0.25) is 0 Å². The van der Waals surface area contributed by atoms with Crippen molar-refractivity contribution >= 4 is 11.9 Å². The van der Waals surface area contributed by atoms with Gasteiger partial charge in [-0.1, -0.05) is 216 Å². The molecular weight excluding hydrogens is 713 g/mol. The molecule has 0 aliphatic carbocycles. The van der Waals surface area contributed by atoms with Crippen molar-refractivity contribution in [3.05, 3.63) is 72.9 Å². The Balaban J connectivity index is 3.73. The monoisotopic (exact) mass is 799 g/mol. The molecular formula is C50H86O7. The molecule has 7 heteroatoms. The predicted molar refractivity (Wildman–Crippen MR) is 240 cm³/mol. The van der Waals surface area contributed by atoms with E-state index in [-0.39, 0.29) is 19.0 Å². The van der Waals surface area contributed by atoms with Gasteiger partial charge in [0, 0.05) is 12.8 Å². The topological polar surface area (TPSA) is 113 Å². The second-order valence-electron chi connectivity index (χ2n) is 15.7. The Bertz CT molecular complexity index is 1090. The Morgan fingerprint density at radius 3 is 1.65 bits per heavy atom. The molecule has 4 atom stereocenters. The average Bonchev–Trinajstić information content (AvgIpc) is 3.20. The minimum atomic E-state index is -0.846. The normalized spacial score (nSPS) is 14.6. The maximum absolute atomic E-state index is 12.2. The zero-order chi connectivity index (χ0) is 41.9. The largest absolute Gasteiger partial charge is 0.462 e. The van der Waals surface area contributed by atoms with Gasteiger partial charge in [-0.05, 0) is 44.4 Å². The molecule has 0 radical (unpaired) electrons. The molecule has 0 aliphatic rings. The van der Waals surface area contributed by atoms with Crippen LogP contribution < -0.4 is 0 Å². The van der Waals surface area contributed by atoms with Gasteiger partial charge in [0.2, 0.25) is 0 Å². The SMILES string of the molecule is CC/C=C\C[C@@H](O)/C=C/C=C\C/C=C\C=C\[C@@H](O)/C=C\CCCC(=O)OC[C@H](CO)OC(=O)CCCCCCCCCCCCCCCCCCCCC(C)CC. The molecule has 1 unspecified atom stereocenters. The number of carbonyl (C=O) groups is 2. The van der Waals surface area contributed by atoms with Crippen molar-refractivity contribution in [2.45, 2.75) is 212 Å². The van der Waals surface area contributed by atoms with Gasteiger partial charge in [-0.25, -0.2) is 0 Å². The first-order valence-corrected chi connectivity index (χ1v) is 23.1. The van der Waals surface area contributed by atoms with E-state index >= 15 is 0 Å². The highest BCUT2D eigenvalue weighted by Crippen LogP contribution is 2.17. The minimum absolute atomic E-state index is 0.153. The number of hydrogen-bond donors (Lipinski definition) is 3. The van der Waals surface area contributed by atoms with Crippen LogP contribution in [0.1, 0.15) is 194 Å². The summed E-state index contributed by atoms with van der Waals surface area (Å²) in [5.41, 5.74) is 0. The number of ether oxygens (including phenoxy) is 2. The van der Waals surface area contributed by atoms with Crippen molar-refractivity contribution in [3.8, 4) is 0 Å². The number of aliphatic hydroxyl groups excluding tert-OH is 3. The van der Waals surface area contributed by atoms with Crippen molar-refractivity contribution in [1.82, 2.24) is 0 Å². The maximum atomic E-state index is 12.2. The molecule has 57 heavy (non-hydrogen) atoms. The molecule has 328 valence electrons. The highest BCUT2D eigenvalue weighted by molar-refractivity contribution is 5.70. The van der Waals surface area contributed by atoms with Gasteiger partial charge in [0.15, 0.2) is 6.10 Å². The molecule has 0 saturated heterocycles. The third-order valence-corrected chi connectivity index (χ3v) is 10.2. The molecule has 0 amide bonds. The summed E-state index contributed by atoms with van der Waals surface area (Å²) in [5, 5.41) is 29.5. The van der Waals surface area contributed by atoms with Gasteiger partial charge in [-0.3, -0.25) is 9.59 Å². The van der Waals surface area contributed by atoms with Crippen LogP contribution in [0.4, 0.5) is 0 Å². The molecule has 0 bridgehead atoms. The predicted octanol–water partition coefficient (Wildman–Crippen LogP) is 12.7. The van der Waals surface area contributed by atoms with Crippen molar-refractivity contribution < 1.29 is 34.4 Å². The summed E-state index contributed by atoms with van der Waals surface area (Å²) in [6, 6.07) is 0. The Morgan fingerprint density at radius 2 is 1.11 bits per heavy atom. The smallest absolute Gasteiger partial charge is 0.306 e. The molecule has 0 aliphatic heterocycles. The first-order valence-electron chi connectivity index (χ1n) is 23.1. The standard InChI is InChI=1S/C50H86O7/c1-4-6-29-37-46(52)38-31-25-21-19-22-26-32-39-47(53)40-33-28-35-41-49(54)56-44-48(43-51)57-50(55)42-34-27-23-18-16-14-12-10-8-7-9-11-13-15-17-20-24-30-36-45(3)5-2/h6,21-22,25-26,29,31-33,38-40,45-48,51-53H,4-5,7-20,23-24,27-28,30,34-37,41-44H2,1-3H3/b25-21-,26-22-,29-6-,38-31+,39-32+,40-33-/t45?,46-,47-,48+/m1/s1. The number of aliphatic hydroxyl groups is 3. The average molecular weight is 799 g/mol. The summed E-state index contributed by atoms with van der Waals surface area (Å²) in [6.45, 7) is 6.19. The molecule has 0 heterocycles. The van der Waals surface area contributed by atoms with Crippen molar-refractivity contribution in [1.29, 1.82) is 0 Å². The van der Waals surface area contributed by atoms with E-state index in [9.17, 15) is 24.9 Å². The Hall–Kier alpha value is -2.74. The lowest BCUT2D eigenvalue weighted by Gasteiger charge is -2.15. The summed E-state index contributed by atoms with van der Waals surface area (Å²) in [5.74, 6) is 0.132. The van der Waals surface area contributed by atoms with Crippen LogP contribution in [0, 0.1) is 5.92 Å². The quantitative estimate of drug-likeness (QED) is 0.0245. The minimum Gasteiger partial charge on any atom is -0.462 e. The molecule has 0 aromatic rings. The lowest BCUT2D eigenvalue weighted by Crippen LogP contribution is -2.28. The summed E-state index contributed by atoms with van der Waals surface area (Å²) in [6.07, 6.45) is 50.4. The number of allylic oxidation sites excluding steroid dienone is 8. The summed E-state index contributed by atoms with van der Waals surface area (Å²) >= 11 is 0. The van der Waals surface area contributed by atoms with Crippen LogP contribution in [-0.4, -0.2) is 58.8 Å². The van der Waals surface area contributed by atoms with E-state index in [2.05, 4.69) is 20.8 Å². The van der Waals surface area contributed by atoms with Gasteiger partial charge in [-0.2, -0.15) is 0 Å². The van der Waals surface area contributed by atoms with Gasteiger partial charge in [-0.15, -0.1) is 0 Å². The van der Waals surface area contributed by atoms with Gasteiger partial charge < -0.3 is 24.8 Å². The van der Waals surface area contributed by atoms with Crippen molar-refractivity contribution in [2.24, 2.45) is 5.92 Å². The number of esters is 2. The molecule has 0 aromatic carbocycles. The summed E-state index contributed by atoms with van der Waals surface area (Å²) in [7, 11) is 0. The third-order valence-electron chi connectivity index (χ3n) is 10.2. The van der Waals surface area contributed by atoms with Crippen LogP contribution in [0.25, 0.3) is 0 Å². The number of carbonyl (C=O) groups excluding carboxylic acids is 2. The van der Waals surface area contributed by atoms with Crippen molar-refractivity contribution in [2.75, 3.05) is 13.2 Å². The van der Waals surface area contributed by atoms with Crippen LogP contribution in [0.15, 0.2) is 72.9 Å². The van der Waals surface area contributed by atoms with Gasteiger partial charge >= 0.3 is 11.9 Å². The molecule has 0 spiro atoms. The fraction of sp³-hybridized carbons (Fsp3) is 0.720. The zero-order valence-electron chi connectivity index (χ0n) is 36.7. The number of hydrogen-bond acceptors (Lipinski definition) is 7. The molecule has 3 N–H and O–H groups in total. The van der Waals surface area contributed by atoms with E-state index in [0.29, 0.717) is 25.7 Å². The van der Waals surface area contributed by atoms with Crippen molar-refractivity contribution in [3.63, 3.8) is 0 Å². The number of unbranched alkanes of at least 4 members (excludes halogenated alkanes) is 18. The Labute approximate surface area is 349 Å². The molecule has 7 nitrogen and oxygen atoms in total. The molecule has 0 aromatic heterocycles. The first kappa shape index (κ1) is 54.3. The van der Waals surface area contributed by atoms with E-state index in [1.807, 2.05) is 48.6 Å². The van der Waals surface area contributed by atoms with E-state index < -0.39 is 30.9 Å². The van der Waals surface area contributed by atoms with Gasteiger partial charge in [0.1, 0.15) is 6.61 Å². The van der Waals surface area contributed by atoms with E-state index in [4.69, 9.17) is 9.47 Å². The third kappa shape index (κ3) is 41.2. The van der Waals surface area contributed by atoms with Gasteiger partial charge in [0.25, 0.3) is 0 Å². The second-order valence-corrected chi connectivity index (χ2v) is 15.7. The van der Waals surface area contributed by atoms with Gasteiger partial charge in [0.05, 0.1) is 18.8 Å². The highest BCUT2D eigenvalue weighted by Gasteiger charge is 2.16. The summed E-state index contributed by atoms with van der Waals surface area (Å²) < 4.78 is 10.5. The van der Waals surface area contributed by atoms with Crippen LogP contribution >= 0.6 is 0 Å². The first-order chi connectivity index (χ1) is 27.8. The molecule has 0 saturated carbocycles. The highest BCUT2D eigenvalue weighted by atomic mass is 16.6. The fourth-order valence-corrected chi connectivity index (χ4v) is 6.33. The van der Waals surface area contributed by atoms with E-state index in [0.717, 1.165) is 38.0 Å². The van der Waals surface area contributed by atoms with Crippen LogP contribution in [0.5, 0.6) is 0 Å². The summed E-state index contributed by atoms with van der Waals surface area (Å²) in [4.78, 5) is 24.4. The number of rotatable bonds is 40. The maximum Gasteiger partial charge on any atom is 0.306 e. The van der Waals surface area contributed by atoms with Crippen LogP contribution in [-0.2, 0) is 19.1 Å². The lowest BCUT2D eigenvalue weighted by molar-refractivity contribution is -0.161. The van der Waals surface area contributed by atoms with E-state index in [1.165, 1.54) is 109 Å². The zero-order valence-corrected chi connectivity index (χ0v) is 36.7. The molecule has 0 fully saturated rings. The van der Waals surface area contributed by atoms with Crippen LogP contribution in [0.3, 0.4) is 0 Å². The molecule has 0 rings (SSSR count). The Kier molecular flexibility index (Phi) is 40.8. The lowest BCUT2D eigenvalue weighted by atomic mass is 9.99. The second kappa shape index (κ2) is 42.9. The fourth-order valence-electron chi connectivity index (χ4n) is 6.33. The Morgan fingerprint density at radius 1 is 0.579 bits per heavy atom. The van der Waals surface area contributed by atoms with E-state index in [1.54, 1.807) is 24.3 Å².